The van der Waals surface area contributed by atoms with E-state index in [2.05, 4.69) is 20.8 Å². The lowest BCUT2D eigenvalue weighted by atomic mass is 10.3. The average Bonchev–Trinajstić information content (AvgIpc) is 3.13. The number of benzene rings is 2. The minimum absolute atomic E-state index is 0.174. The number of carbonyl (C=O) groups is 1. The number of rotatable bonds is 8. The molecule has 0 aliphatic carbocycles. The molecule has 2 aromatic carbocycles. The largest absolute Gasteiger partial charge is 0.492 e. The van der Waals surface area contributed by atoms with Gasteiger partial charge in [0, 0.05) is 0 Å². The van der Waals surface area contributed by atoms with Crippen LogP contribution in [-0.4, -0.2) is 28.5 Å². The third kappa shape index (κ3) is 5.51. The first-order chi connectivity index (χ1) is 13.6. The fraction of sp³-hybridized carbons (Fsp3) is 0.167. The van der Waals surface area contributed by atoms with Crippen LogP contribution in [0, 0.1) is 0 Å². The van der Waals surface area contributed by atoms with E-state index in [1.807, 2.05) is 31.2 Å². The van der Waals surface area contributed by atoms with Crippen LogP contribution in [0.2, 0.25) is 10.0 Å². The van der Waals surface area contributed by atoms with Crippen LogP contribution in [-0.2, 0) is 4.79 Å². The van der Waals surface area contributed by atoms with Crippen molar-refractivity contribution in [1.29, 1.82) is 0 Å². The fourth-order valence-electron chi connectivity index (χ4n) is 2.20. The first-order valence-electron chi connectivity index (χ1n) is 8.26. The molecule has 0 fully saturated rings. The average molecular weight is 455 g/mol. The lowest BCUT2D eigenvalue weighted by Gasteiger charge is -2.09. The molecule has 0 aliphatic heterocycles. The van der Waals surface area contributed by atoms with Gasteiger partial charge in [-0.25, -0.2) is 0 Å². The smallest absolute Gasteiger partial charge is 0.234 e. The molecule has 0 bridgehead atoms. The number of anilines is 3. The van der Waals surface area contributed by atoms with E-state index < -0.39 is 0 Å². The molecule has 1 heterocycles. The summed E-state index contributed by atoms with van der Waals surface area (Å²) in [4.78, 5) is 12.2. The van der Waals surface area contributed by atoms with E-state index in [0.717, 1.165) is 11.4 Å². The van der Waals surface area contributed by atoms with Crippen molar-refractivity contribution in [1.82, 2.24) is 10.2 Å². The van der Waals surface area contributed by atoms with Gasteiger partial charge in [-0.05, 0) is 31.2 Å². The summed E-state index contributed by atoms with van der Waals surface area (Å²) in [5, 5.41) is 15.5. The zero-order valence-corrected chi connectivity index (χ0v) is 17.9. The van der Waals surface area contributed by atoms with Crippen molar-refractivity contribution >= 4 is 68.7 Å². The predicted octanol–water partition coefficient (Wildman–Crippen LogP) is 5.72. The van der Waals surface area contributed by atoms with Gasteiger partial charge in [-0.1, -0.05) is 64.5 Å². The molecule has 0 atom stereocenters. The van der Waals surface area contributed by atoms with Gasteiger partial charge in [0.15, 0.2) is 4.34 Å². The van der Waals surface area contributed by atoms with E-state index >= 15 is 0 Å². The monoisotopic (exact) mass is 454 g/mol. The molecule has 0 saturated carbocycles. The standard InChI is InChI=1S/C18H16Cl2N4O2S2/c1-2-26-14-9-4-3-7-12(14)22-17-23-24-18(28-17)27-10-15(25)21-13-8-5-6-11(19)16(13)20/h3-9H,2,10H2,1H3,(H,21,25)(H,22,23). The molecule has 28 heavy (non-hydrogen) atoms. The van der Waals surface area contributed by atoms with Crippen LogP contribution >= 0.6 is 46.3 Å². The summed E-state index contributed by atoms with van der Waals surface area (Å²) in [6, 6.07) is 12.7. The van der Waals surface area contributed by atoms with Crippen molar-refractivity contribution in [3.05, 3.63) is 52.5 Å². The second-order valence-electron chi connectivity index (χ2n) is 5.37. The summed E-state index contributed by atoms with van der Waals surface area (Å²) in [7, 11) is 0. The Kier molecular flexibility index (Phi) is 7.38. The van der Waals surface area contributed by atoms with Gasteiger partial charge in [-0.3, -0.25) is 4.79 Å². The van der Waals surface area contributed by atoms with Crippen molar-refractivity contribution in [2.45, 2.75) is 11.3 Å². The van der Waals surface area contributed by atoms with Gasteiger partial charge < -0.3 is 15.4 Å². The molecule has 10 heteroatoms. The Morgan fingerprint density at radius 1 is 1.14 bits per heavy atom. The summed E-state index contributed by atoms with van der Waals surface area (Å²) in [5.74, 6) is 0.709. The first kappa shape index (κ1) is 20.7. The minimum atomic E-state index is -0.208. The molecule has 0 saturated heterocycles. The lowest BCUT2D eigenvalue weighted by Crippen LogP contribution is -2.14. The SMILES string of the molecule is CCOc1ccccc1Nc1nnc(SCC(=O)Nc2cccc(Cl)c2Cl)s1. The third-order valence-corrected chi connectivity index (χ3v) is 6.18. The number of amides is 1. The number of nitrogens with one attached hydrogen (secondary N) is 2. The predicted molar refractivity (Wildman–Crippen MR) is 117 cm³/mol. The Bertz CT molecular complexity index is 968. The van der Waals surface area contributed by atoms with Gasteiger partial charge in [0.1, 0.15) is 5.75 Å². The molecular weight excluding hydrogens is 439 g/mol. The molecule has 3 rings (SSSR count). The molecule has 2 N–H and O–H groups in total. The van der Waals surface area contributed by atoms with Gasteiger partial charge in [0.2, 0.25) is 11.0 Å². The first-order valence-corrected chi connectivity index (χ1v) is 10.8. The maximum Gasteiger partial charge on any atom is 0.234 e. The van der Waals surface area contributed by atoms with Crippen LogP contribution in [0.1, 0.15) is 6.92 Å². The highest BCUT2D eigenvalue weighted by Crippen LogP contribution is 2.32. The van der Waals surface area contributed by atoms with Crippen LogP contribution in [0.15, 0.2) is 46.8 Å². The highest BCUT2D eigenvalue weighted by molar-refractivity contribution is 8.01. The van der Waals surface area contributed by atoms with E-state index in [4.69, 9.17) is 27.9 Å². The number of halogens is 2. The Balaban J connectivity index is 1.56. The van der Waals surface area contributed by atoms with Gasteiger partial charge in [-0.2, -0.15) is 0 Å². The molecule has 0 aliphatic rings. The molecule has 3 aromatic rings. The van der Waals surface area contributed by atoms with Crippen molar-refractivity contribution in [3.63, 3.8) is 0 Å². The summed E-state index contributed by atoms with van der Waals surface area (Å²) in [6.45, 7) is 2.50. The van der Waals surface area contributed by atoms with E-state index in [1.165, 1.54) is 23.1 Å². The summed E-state index contributed by atoms with van der Waals surface area (Å²) >= 11 is 14.7. The van der Waals surface area contributed by atoms with Crippen LogP contribution in [0.3, 0.4) is 0 Å². The fourth-order valence-corrected chi connectivity index (χ4v) is 4.11. The zero-order valence-electron chi connectivity index (χ0n) is 14.7. The molecule has 1 amide bonds. The van der Waals surface area contributed by atoms with Gasteiger partial charge in [0.25, 0.3) is 0 Å². The van der Waals surface area contributed by atoms with Gasteiger partial charge in [0.05, 0.1) is 33.8 Å². The molecule has 0 unspecified atom stereocenters. The molecular formula is C18H16Cl2N4O2S2. The summed E-state index contributed by atoms with van der Waals surface area (Å²) in [6.07, 6.45) is 0. The van der Waals surface area contributed by atoms with E-state index in [0.29, 0.717) is 31.8 Å². The Morgan fingerprint density at radius 2 is 1.93 bits per heavy atom. The van der Waals surface area contributed by atoms with Gasteiger partial charge >= 0.3 is 0 Å². The number of carbonyl (C=O) groups excluding carboxylic acids is 1. The van der Waals surface area contributed by atoms with E-state index in [9.17, 15) is 4.79 Å². The Labute approximate surface area is 180 Å². The number of hydrogen-bond acceptors (Lipinski definition) is 7. The Hall–Kier alpha value is -2.00. The number of ether oxygens (including phenoxy) is 1. The minimum Gasteiger partial charge on any atom is -0.492 e. The molecule has 1 aromatic heterocycles. The quantitative estimate of drug-likeness (QED) is 0.424. The summed E-state index contributed by atoms with van der Waals surface area (Å²) in [5.41, 5.74) is 1.29. The molecule has 6 nitrogen and oxygen atoms in total. The Morgan fingerprint density at radius 3 is 2.75 bits per heavy atom. The highest BCUT2D eigenvalue weighted by Gasteiger charge is 2.12. The number of thioether (sulfide) groups is 1. The van der Waals surface area contributed by atoms with Crippen LogP contribution < -0.4 is 15.4 Å². The second kappa shape index (κ2) is 9.97. The maximum atomic E-state index is 12.2. The molecule has 146 valence electrons. The zero-order chi connectivity index (χ0) is 19.9. The number of nitrogens with zero attached hydrogens (tertiary/aromatic N) is 2. The number of para-hydroxylation sites is 2. The van der Waals surface area contributed by atoms with E-state index in [-0.39, 0.29) is 11.7 Å². The topological polar surface area (TPSA) is 76.1 Å². The van der Waals surface area contributed by atoms with Crippen LogP contribution in [0.25, 0.3) is 0 Å². The van der Waals surface area contributed by atoms with Crippen LogP contribution in [0.5, 0.6) is 5.75 Å². The second-order valence-corrected chi connectivity index (χ2v) is 8.35. The van der Waals surface area contributed by atoms with Crippen molar-refractivity contribution in [2.75, 3.05) is 23.0 Å². The summed E-state index contributed by atoms with van der Waals surface area (Å²) < 4.78 is 6.26. The van der Waals surface area contributed by atoms with Gasteiger partial charge in [-0.15, -0.1) is 10.2 Å². The van der Waals surface area contributed by atoms with Crippen LogP contribution in [0.4, 0.5) is 16.5 Å². The highest BCUT2D eigenvalue weighted by atomic mass is 35.5. The molecule has 0 spiro atoms. The molecule has 0 radical (unpaired) electrons. The lowest BCUT2D eigenvalue weighted by molar-refractivity contribution is -0.113. The van der Waals surface area contributed by atoms with Crippen molar-refractivity contribution in [3.8, 4) is 5.75 Å². The van der Waals surface area contributed by atoms with Crippen molar-refractivity contribution in [2.24, 2.45) is 0 Å². The number of aromatic nitrogens is 2. The maximum absolute atomic E-state index is 12.2. The normalized spacial score (nSPS) is 10.5. The third-order valence-electron chi connectivity index (χ3n) is 3.39. The van der Waals surface area contributed by atoms with E-state index in [1.54, 1.807) is 18.2 Å². The van der Waals surface area contributed by atoms with Crippen molar-refractivity contribution < 1.29 is 9.53 Å². The number of hydrogen-bond donors (Lipinski definition) is 2.